The normalized spacial score (nSPS) is 15.8. The number of hydrogen-bond acceptors (Lipinski definition) is 3. The van der Waals surface area contributed by atoms with E-state index < -0.39 is 11.6 Å². The molecule has 2 aromatic carbocycles. The van der Waals surface area contributed by atoms with Crippen molar-refractivity contribution in [3.63, 3.8) is 0 Å². The lowest BCUT2D eigenvalue weighted by molar-refractivity contribution is -0.130. The van der Waals surface area contributed by atoms with Gasteiger partial charge in [0.15, 0.2) is 0 Å². The summed E-state index contributed by atoms with van der Waals surface area (Å²) in [6.07, 6.45) is 1.85. The van der Waals surface area contributed by atoms with Crippen LogP contribution in [0.25, 0.3) is 16.9 Å². The Bertz CT molecular complexity index is 1040. The number of urea groups is 1. The minimum absolute atomic E-state index is 0.138. The minimum Gasteiger partial charge on any atom is -0.324 e. The molecule has 1 aromatic heterocycles. The van der Waals surface area contributed by atoms with Crippen LogP contribution in [-0.2, 0) is 11.3 Å². The summed E-state index contributed by atoms with van der Waals surface area (Å²) in [6, 6.07) is 16.6. The molecule has 4 rings (SSSR count). The Morgan fingerprint density at radius 1 is 1.04 bits per heavy atom. The van der Waals surface area contributed by atoms with Gasteiger partial charge in [0.25, 0.3) is 5.91 Å². The third-order valence-electron chi connectivity index (χ3n) is 4.70. The van der Waals surface area contributed by atoms with Gasteiger partial charge in [0.2, 0.25) is 0 Å². The summed E-state index contributed by atoms with van der Waals surface area (Å²) < 4.78 is 1.75. The van der Waals surface area contributed by atoms with Crippen molar-refractivity contribution >= 4 is 23.5 Å². The number of rotatable bonds is 4. The molecule has 0 unspecified atom stereocenters. The molecule has 0 bridgehead atoms. The molecule has 28 heavy (non-hydrogen) atoms. The lowest BCUT2D eigenvalue weighted by atomic mass is 10.1. The van der Waals surface area contributed by atoms with Gasteiger partial charge < -0.3 is 5.32 Å². The van der Waals surface area contributed by atoms with E-state index in [0.29, 0.717) is 10.7 Å². The quantitative estimate of drug-likeness (QED) is 0.679. The fourth-order valence-corrected chi connectivity index (χ4v) is 3.35. The van der Waals surface area contributed by atoms with Crippen LogP contribution in [0.4, 0.5) is 4.79 Å². The summed E-state index contributed by atoms with van der Waals surface area (Å²) in [5.74, 6) is -0.257. The molecule has 0 radical (unpaired) electrons. The smallest absolute Gasteiger partial charge is 0.324 e. The second-order valence-corrected chi connectivity index (χ2v) is 7.67. The van der Waals surface area contributed by atoms with Gasteiger partial charge in [-0.1, -0.05) is 41.9 Å². The van der Waals surface area contributed by atoms with Crippen LogP contribution < -0.4 is 5.32 Å². The maximum Gasteiger partial charge on any atom is 0.325 e. The first-order chi connectivity index (χ1) is 13.3. The van der Waals surface area contributed by atoms with Crippen molar-refractivity contribution in [1.82, 2.24) is 20.0 Å². The van der Waals surface area contributed by atoms with E-state index in [1.807, 2.05) is 48.7 Å². The number of benzene rings is 2. The van der Waals surface area contributed by atoms with Gasteiger partial charge in [-0.2, -0.15) is 5.10 Å². The summed E-state index contributed by atoms with van der Waals surface area (Å²) in [4.78, 5) is 26.2. The van der Waals surface area contributed by atoms with E-state index in [0.717, 1.165) is 16.8 Å². The first-order valence-electron chi connectivity index (χ1n) is 8.89. The van der Waals surface area contributed by atoms with Crippen molar-refractivity contribution in [2.24, 2.45) is 0 Å². The van der Waals surface area contributed by atoms with Gasteiger partial charge in [-0.15, -0.1) is 0 Å². The van der Waals surface area contributed by atoms with E-state index in [1.165, 1.54) is 4.90 Å². The lowest BCUT2D eigenvalue weighted by Crippen LogP contribution is -2.40. The number of halogens is 1. The lowest BCUT2D eigenvalue weighted by Gasteiger charge is -2.15. The Balaban J connectivity index is 1.77. The van der Waals surface area contributed by atoms with Crippen LogP contribution in [0, 0.1) is 0 Å². The largest absolute Gasteiger partial charge is 0.325 e. The Kier molecular flexibility index (Phi) is 4.43. The van der Waals surface area contributed by atoms with Crippen LogP contribution >= 0.6 is 11.6 Å². The summed E-state index contributed by atoms with van der Waals surface area (Å²) in [5, 5.41) is 8.05. The Hall–Kier alpha value is -3.12. The first-order valence-corrected chi connectivity index (χ1v) is 9.27. The highest BCUT2D eigenvalue weighted by molar-refractivity contribution is 6.30. The maximum absolute atomic E-state index is 12.6. The molecule has 7 heteroatoms. The Labute approximate surface area is 167 Å². The minimum atomic E-state index is -0.910. The molecular weight excluding hydrogens is 376 g/mol. The number of carbonyl (C=O) groups excluding carboxylic acids is 2. The van der Waals surface area contributed by atoms with Crippen LogP contribution in [0.5, 0.6) is 0 Å². The van der Waals surface area contributed by atoms with Crippen LogP contribution in [-0.4, -0.2) is 32.2 Å². The van der Waals surface area contributed by atoms with Crippen molar-refractivity contribution in [2.45, 2.75) is 25.9 Å². The predicted octanol–water partition coefficient (Wildman–Crippen LogP) is 4.02. The van der Waals surface area contributed by atoms with E-state index in [1.54, 1.807) is 30.7 Å². The number of carbonyl (C=O) groups is 2. The fraction of sp³-hybridized carbons (Fsp3) is 0.190. The molecule has 1 fully saturated rings. The second-order valence-electron chi connectivity index (χ2n) is 7.24. The average Bonchev–Trinajstić information content (AvgIpc) is 3.17. The van der Waals surface area contributed by atoms with Gasteiger partial charge in [0.05, 0.1) is 17.9 Å². The van der Waals surface area contributed by atoms with Gasteiger partial charge in [-0.25, -0.2) is 9.48 Å². The molecule has 3 amide bonds. The molecule has 6 nitrogen and oxygen atoms in total. The number of para-hydroxylation sites is 1. The maximum atomic E-state index is 12.6. The number of hydrogen-bond donors (Lipinski definition) is 1. The molecule has 142 valence electrons. The number of aromatic nitrogens is 2. The van der Waals surface area contributed by atoms with E-state index in [-0.39, 0.29) is 12.5 Å². The number of amides is 3. The SMILES string of the molecule is CC1(C)NC(=O)N(Cc2cn(-c3ccccc3)nc2-c2ccc(Cl)cc2)C1=O. The van der Waals surface area contributed by atoms with Gasteiger partial charge >= 0.3 is 6.03 Å². The van der Waals surface area contributed by atoms with E-state index in [2.05, 4.69) is 5.32 Å². The molecule has 0 spiro atoms. The summed E-state index contributed by atoms with van der Waals surface area (Å²) in [7, 11) is 0. The summed E-state index contributed by atoms with van der Waals surface area (Å²) in [6.45, 7) is 3.53. The molecular formula is C21H19ClN4O2. The number of nitrogens with zero attached hydrogens (tertiary/aromatic N) is 3. The standard InChI is InChI=1S/C21H19ClN4O2/c1-21(2)19(27)25(20(28)23-21)12-15-13-26(17-6-4-3-5-7-17)24-18(15)14-8-10-16(22)11-9-14/h3-11,13H,12H2,1-2H3,(H,23,28). The molecule has 1 N–H and O–H groups in total. The van der Waals surface area contributed by atoms with Crippen LogP contribution in [0.2, 0.25) is 5.02 Å². The third kappa shape index (κ3) is 3.27. The van der Waals surface area contributed by atoms with Crippen molar-refractivity contribution in [3.05, 3.63) is 71.4 Å². The molecule has 0 atom stereocenters. The van der Waals surface area contributed by atoms with Gasteiger partial charge in [0, 0.05) is 22.3 Å². The zero-order chi connectivity index (χ0) is 19.9. The number of imide groups is 1. The van der Waals surface area contributed by atoms with Crippen LogP contribution in [0.3, 0.4) is 0 Å². The van der Waals surface area contributed by atoms with E-state index >= 15 is 0 Å². The molecule has 2 heterocycles. The molecule has 1 aliphatic heterocycles. The zero-order valence-corrected chi connectivity index (χ0v) is 16.3. The summed E-state index contributed by atoms with van der Waals surface area (Å²) >= 11 is 6.02. The van der Waals surface area contributed by atoms with Gasteiger partial charge in [-0.05, 0) is 38.1 Å². The van der Waals surface area contributed by atoms with Gasteiger partial charge in [-0.3, -0.25) is 9.69 Å². The second kappa shape index (κ2) is 6.80. The average molecular weight is 395 g/mol. The Morgan fingerprint density at radius 3 is 2.32 bits per heavy atom. The van der Waals surface area contributed by atoms with Crippen LogP contribution in [0.15, 0.2) is 60.8 Å². The monoisotopic (exact) mass is 394 g/mol. The molecule has 3 aromatic rings. The van der Waals surface area contributed by atoms with E-state index in [9.17, 15) is 9.59 Å². The third-order valence-corrected chi connectivity index (χ3v) is 4.95. The fourth-order valence-electron chi connectivity index (χ4n) is 3.22. The highest BCUT2D eigenvalue weighted by Gasteiger charge is 2.44. The van der Waals surface area contributed by atoms with Crippen molar-refractivity contribution in [1.29, 1.82) is 0 Å². The van der Waals surface area contributed by atoms with E-state index in [4.69, 9.17) is 16.7 Å². The molecule has 0 aliphatic carbocycles. The van der Waals surface area contributed by atoms with Crippen molar-refractivity contribution in [2.75, 3.05) is 0 Å². The highest BCUT2D eigenvalue weighted by Crippen LogP contribution is 2.28. The molecule has 1 aliphatic rings. The highest BCUT2D eigenvalue weighted by atomic mass is 35.5. The summed E-state index contributed by atoms with van der Waals surface area (Å²) in [5.41, 5.74) is 2.31. The topological polar surface area (TPSA) is 67.2 Å². The van der Waals surface area contributed by atoms with Gasteiger partial charge in [0.1, 0.15) is 5.54 Å². The van der Waals surface area contributed by atoms with Crippen molar-refractivity contribution < 1.29 is 9.59 Å². The molecule has 1 saturated heterocycles. The number of nitrogens with one attached hydrogen (secondary N) is 1. The zero-order valence-electron chi connectivity index (χ0n) is 15.5. The van der Waals surface area contributed by atoms with Crippen LogP contribution in [0.1, 0.15) is 19.4 Å². The Morgan fingerprint density at radius 2 is 1.71 bits per heavy atom. The predicted molar refractivity (Wildman–Crippen MR) is 107 cm³/mol. The first kappa shape index (κ1) is 18.3. The molecule has 0 saturated carbocycles. The van der Waals surface area contributed by atoms with Crippen molar-refractivity contribution in [3.8, 4) is 16.9 Å².